The Balaban J connectivity index is 2.22. The molecule has 1 aromatic carbocycles. The van der Waals surface area contributed by atoms with Gasteiger partial charge < -0.3 is 15.2 Å². The van der Waals surface area contributed by atoms with Gasteiger partial charge in [0, 0.05) is 24.0 Å². The Bertz CT molecular complexity index is 613. The van der Waals surface area contributed by atoms with Crippen LogP contribution < -0.4 is 10.1 Å². The lowest BCUT2D eigenvalue weighted by atomic mass is 10.1. The molecular formula is C15H18N2O3. The van der Waals surface area contributed by atoms with Crippen LogP contribution in [0.3, 0.4) is 0 Å². The highest BCUT2D eigenvalue weighted by atomic mass is 16.5. The molecule has 1 unspecified atom stereocenters. The number of nitrogens with one attached hydrogen (secondary N) is 1. The topological polar surface area (TPSA) is 71.5 Å². The molecular weight excluding hydrogens is 256 g/mol. The molecule has 0 aliphatic carbocycles. The van der Waals surface area contributed by atoms with E-state index in [4.69, 9.17) is 9.84 Å². The fraction of sp³-hybridized carbons (Fsp3) is 0.333. The van der Waals surface area contributed by atoms with Crippen molar-refractivity contribution < 1.29 is 14.6 Å². The summed E-state index contributed by atoms with van der Waals surface area (Å²) in [6.07, 6.45) is 2.43. The first-order valence-corrected chi connectivity index (χ1v) is 6.51. The first-order valence-electron chi connectivity index (χ1n) is 6.51. The summed E-state index contributed by atoms with van der Waals surface area (Å²) in [5.41, 5.74) is 0. The van der Waals surface area contributed by atoms with Gasteiger partial charge in [0.15, 0.2) is 0 Å². The number of aromatic nitrogens is 1. The van der Waals surface area contributed by atoms with Crippen molar-refractivity contribution in [1.29, 1.82) is 0 Å². The molecule has 0 spiro atoms. The van der Waals surface area contributed by atoms with Gasteiger partial charge in [-0.05, 0) is 36.9 Å². The van der Waals surface area contributed by atoms with E-state index >= 15 is 0 Å². The van der Waals surface area contributed by atoms with Gasteiger partial charge in [-0.25, -0.2) is 4.98 Å². The number of hydrogen-bond donors (Lipinski definition) is 2. The third-order valence-electron chi connectivity index (χ3n) is 3.15. The minimum atomic E-state index is -0.786. The summed E-state index contributed by atoms with van der Waals surface area (Å²) in [7, 11) is 1.63. The molecule has 5 nitrogen and oxygen atoms in total. The maximum Gasteiger partial charge on any atom is 0.303 e. The number of rotatable bonds is 6. The minimum Gasteiger partial charge on any atom is -0.497 e. The van der Waals surface area contributed by atoms with Crippen LogP contribution in [0.15, 0.2) is 30.5 Å². The molecule has 0 amide bonds. The second kappa shape index (κ2) is 6.23. The average Bonchev–Trinajstić information content (AvgIpc) is 2.45. The number of anilines is 1. The number of nitrogens with zero attached hydrogens (tertiary/aromatic N) is 1. The van der Waals surface area contributed by atoms with Gasteiger partial charge in [-0.3, -0.25) is 4.79 Å². The Labute approximate surface area is 117 Å². The van der Waals surface area contributed by atoms with Gasteiger partial charge in [-0.15, -0.1) is 0 Å². The lowest BCUT2D eigenvalue weighted by molar-refractivity contribution is -0.137. The fourth-order valence-corrected chi connectivity index (χ4v) is 2.03. The second-order valence-electron chi connectivity index (χ2n) is 4.72. The summed E-state index contributed by atoms with van der Waals surface area (Å²) >= 11 is 0. The fourth-order valence-electron chi connectivity index (χ4n) is 2.03. The number of hydrogen-bond acceptors (Lipinski definition) is 4. The van der Waals surface area contributed by atoms with Crippen molar-refractivity contribution in [2.45, 2.75) is 25.8 Å². The van der Waals surface area contributed by atoms with Crippen LogP contribution in [-0.4, -0.2) is 29.2 Å². The zero-order valence-corrected chi connectivity index (χ0v) is 11.6. The maximum absolute atomic E-state index is 10.6. The Kier molecular flexibility index (Phi) is 4.40. The number of ether oxygens (including phenoxy) is 1. The molecule has 0 saturated carbocycles. The molecule has 2 rings (SSSR count). The molecule has 0 saturated heterocycles. The number of carboxylic acid groups (broad SMARTS) is 1. The van der Waals surface area contributed by atoms with Crippen LogP contribution in [0, 0.1) is 0 Å². The standard InChI is InChI=1S/C15H18N2O3/c1-10(3-6-14(18)19)17-15-13-9-12(20-2)5-4-11(13)7-8-16-15/h4-5,7-10H,3,6H2,1-2H3,(H,16,17)(H,18,19). The Morgan fingerprint density at radius 3 is 2.95 bits per heavy atom. The van der Waals surface area contributed by atoms with Gasteiger partial charge in [0.2, 0.25) is 0 Å². The van der Waals surface area contributed by atoms with E-state index < -0.39 is 5.97 Å². The number of methoxy groups -OCH3 is 1. The number of aliphatic carboxylic acids is 1. The van der Waals surface area contributed by atoms with Crippen LogP contribution in [0.2, 0.25) is 0 Å². The summed E-state index contributed by atoms with van der Waals surface area (Å²) in [4.78, 5) is 14.9. The summed E-state index contributed by atoms with van der Waals surface area (Å²) < 4.78 is 5.23. The van der Waals surface area contributed by atoms with E-state index in [0.29, 0.717) is 6.42 Å². The lowest BCUT2D eigenvalue weighted by Crippen LogP contribution is -2.17. The van der Waals surface area contributed by atoms with E-state index in [1.165, 1.54) is 0 Å². The van der Waals surface area contributed by atoms with Crippen molar-refractivity contribution in [3.05, 3.63) is 30.5 Å². The van der Waals surface area contributed by atoms with Crippen molar-refractivity contribution >= 4 is 22.6 Å². The molecule has 1 heterocycles. The predicted octanol–water partition coefficient (Wildman–Crippen LogP) is 2.91. The van der Waals surface area contributed by atoms with E-state index in [-0.39, 0.29) is 12.5 Å². The maximum atomic E-state index is 10.6. The largest absolute Gasteiger partial charge is 0.497 e. The highest BCUT2D eigenvalue weighted by Crippen LogP contribution is 2.26. The summed E-state index contributed by atoms with van der Waals surface area (Å²) in [6, 6.07) is 7.77. The molecule has 106 valence electrons. The van der Waals surface area contributed by atoms with Crippen molar-refractivity contribution in [3.8, 4) is 5.75 Å². The van der Waals surface area contributed by atoms with Gasteiger partial charge in [0.25, 0.3) is 0 Å². The molecule has 5 heteroatoms. The predicted molar refractivity (Wildman–Crippen MR) is 78.2 cm³/mol. The molecule has 20 heavy (non-hydrogen) atoms. The summed E-state index contributed by atoms with van der Waals surface area (Å²) in [5.74, 6) is 0.734. The van der Waals surface area contributed by atoms with Crippen LogP contribution in [0.25, 0.3) is 10.8 Å². The third-order valence-corrected chi connectivity index (χ3v) is 3.15. The Hall–Kier alpha value is -2.30. The normalized spacial score (nSPS) is 12.1. The van der Waals surface area contributed by atoms with Gasteiger partial charge in [-0.2, -0.15) is 0 Å². The first kappa shape index (κ1) is 14.1. The summed E-state index contributed by atoms with van der Waals surface area (Å²) in [5, 5.41) is 14.0. The number of carbonyl (C=O) groups is 1. The zero-order chi connectivity index (χ0) is 14.5. The number of carboxylic acids is 1. The monoisotopic (exact) mass is 274 g/mol. The number of fused-ring (bicyclic) bond motifs is 1. The lowest BCUT2D eigenvalue weighted by Gasteiger charge is -2.15. The van der Waals surface area contributed by atoms with Crippen LogP contribution in [0.1, 0.15) is 19.8 Å². The zero-order valence-electron chi connectivity index (χ0n) is 11.6. The van der Waals surface area contributed by atoms with E-state index in [2.05, 4.69) is 10.3 Å². The van der Waals surface area contributed by atoms with Crippen LogP contribution in [-0.2, 0) is 4.79 Å². The van der Waals surface area contributed by atoms with Crippen LogP contribution in [0.5, 0.6) is 5.75 Å². The molecule has 0 aliphatic heterocycles. The molecule has 1 atom stereocenters. The van der Waals surface area contributed by atoms with Crippen LogP contribution >= 0.6 is 0 Å². The Morgan fingerprint density at radius 1 is 1.45 bits per heavy atom. The van der Waals surface area contributed by atoms with Gasteiger partial charge >= 0.3 is 5.97 Å². The molecule has 1 aromatic heterocycles. The van der Waals surface area contributed by atoms with E-state index in [9.17, 15) is 4.79 Å². The molecule has 2 aromatic rings. The number of benzene rings is 1. The number of pyridine rings is 1. The molecule has 0 aliphatic rings. The van der Waals surface area contributed by atoms with E-state index in [1.807, 2.05) is 31.2 Å². The van der Waals surface area contributed by atoms with Gasteiger partial charge in [-0.1, -0.05) is 6.07 Å². The minimum absolute atomic E-state index is 0.0374. The van der Waals surface area contributed by atoms with E-state index in [0.717, 1.165) is 22.3 Å². The van der Waals surface area contributed by atoms with Gasteiger partial charge in [0.1, 0.15) is 11.6 Å². The molecule has 0 radical (unpaired) electrons. The highest BCUT2D eigenvalue weighted by molar-refractivity contribution is 5.92. The van der Waals surface area contributed by atoms with Crippen molar-refractivity contribution in [3.63, 3.8) is 0 Å². The van der Waals surface area contributed by atoms with Crippen molar-refractivity contribution in [2.24, 2.45) is 0 Å². The average molecular weight is 274 g/mol. The smallest absolute Gasteiger partial charge is 0.303 e. The Morgan fingerprint density at radius 2 is 2.25 bits per heavy atom. The molecule has 0 bridgehead atoms. The summed E-state index contributed by atoms with van der Waals surface area (Å²) in [6.45, 7) is 1.95. The molecule has 2 N–H and O–H groups in total. The van der Waals surface area contributed by atoms with Crippen LogP contribution in [0.4, 0.5) is 5.82 Å². The highest BCUT2D eigenvalue weighted by Gasteiger charge is 2.09. The quantitative estimate of drug-likeness (QED) is 0.847. The first-order chi connectivity index (χ1) is 9.60. The van der Waals surface area contributed by atoms with E-state index in [1.54, 1.807) is 13.3 Å². The van der Waals surface area contributed by atoms with Crippen molar-refractivity contribution in [1.82, 2.24) is 4.98 Å². The van der Waals surface area contributed by atoms with Gasteiger partial charge in [0.05, 0.1) is 7.11 Å². The SMILES string of the molecule is COc1ccc2ccnc(NC(C)CCC(=O)O)c2c1. The third kappa shape index (κ3) is 3.38. The van der Waals surface area contributed by atoms with Crippen molar-refractivity contribution in [2.75, 3.05) is 12.4 Å². The second-order valence-corrected chi connectivity index (χ2v) is 4.72. The molecule has 0 fully saturated rings.